The zero-order chi connectivity index (χ0) is 20.5. The van der Waals surface area contributed by atoms with Crippen molar-refractivity contribution >= 4 is 28.6 Å². The lowest BCUT2D eigenvalue weighted by Gasteiger charge is -2.27. The third-order valence-electron chi connectivity index (χ3n) is 5.94. The summed E-state index contributed by atoms with van der Waals surface area (Å²) in [5.41, 5.74) is 2.80. The standard InChI is InChI=1S/C21H25N7O2/c29-21(30)28-9-3-8-27(10-11-28)20-19(26-6-1-2-7-26)22-14-18(24-20)15-4-5-17-16(12-15)13-23-25-17/h4-5,12-14H,1-3,6-11H2,(H,23,25)(H,29,30). The Kier molecular flexibility index (Phi) is 4.86. The number of benzene rings is 1. The molecule has 1 amide bonds. The summed E-state index contributed by atoms with van der Waals surface area (Å²) in [6, 6.07) is 6.10. The number of anilines is 2. The number of hydrogen-bond donors (Lipinski definition) is 2. The molecule has 2 fully saturated rings. The molecule has 9 nitrogen and oxygen atoms in total. The van der Waals surface area contributed by atoms with Crippen molar-refractivity contribution in [2.24, 2.45) is 0 Å². The van der Waals surface area contributed by atoms with Crippen LogP contribution in [-0.4, -0.2) is 75.5 Å². The van der Waals surface area contributed by atoms with Gasteiger partial charge in [-0.15, -0.1) is 0 Å². The highest BCUT2D eigenvalue weighted by atomic mass is 16.4. The van der Waals surface area contributed by atoms with Gasteiger partial charge in [-0.3, -0.25) is 5.10 Å². The van der Waals surface area contributed by atoms with Gasteiger partial charge in [-0.05, 0) is 31.4 Å². The third-order valence-corrected chi connectivity index (χ3v) is 5.94. The lowest BCUT2D eigenvalue weighted by atomic mass is 10.1. The van der Waals surface area contributed by atoms with Gasteiger partial charge in [0.05, 0.1) is 23.6 Å². The minimum absolute atomic E-state index is 0.474. The number of nitrogens with zero attached hydrogens (tertiary/aromatic N) is 6. The van der Waals surface area contributed by atoms with E-state index in [1.165, 1.54) is 4.90 Å². The molecule has 1 aromatic carbocycles. The topological polar surface area (TPSA) is 101 Å². The van der Waals surface area contributed by atoms with Gasteiger partial charge >= 0.3 is 6.09 Å². The molecule has 156 valence electrons. The third kappa shape index (κ3) is 3.51. The fourth-order valence-electron chi connectivity index (χ4n) is 4.30. The molecule has 2 aliphatic heterocycles. The van der Waals surface area contributed by atoms with E-state index in [4.69, 9.17) is 9.97 Å². The van der Waals surface area contributed by atoms with Crippen molar-refractivity contribution in [3.63, 3.8) is 0 Å². The highest BCUT2D eigenvalue weighted by molar-refractivity contribution is 5.83. The van der Waals surface area contributed by atoms with E-state index in [0.29, 0.717) is 19.6 Å². The number of nitrogens with one attached hydrogen (secondary N) is 1. The Labute approximate surface area is 174 Å². The second-order valence-electron chi connectivity index (χ2n) is 7.88. The molecule has 0 radical (unpaired) electrons. The zero-order valence-electron chi connectivity index (χ0n) is 16.8. The normalized spacial score (nSPS) is 17.5. The van der Waals surface area contributed by atoms with Gasteiger partial charge in [-0.25, -0.2) is 14.8 Å². The predicted octanol–water partition coefficient (Wildman–Crippen LogP) is 2.81. The molecule has 0 unspecified atom stereocenters. The number of fused-ring (bicyclic) bond motifs is 1. The first-order valence-corrected chi connectivity index (χ1v) is 10.5. The van der Waals surface area contributed by atoms with Crippen LogP contribution < -0.4 is 9.80 Å². The first-order valence-electron chi connectivity index (χ1n) is 10.5. The van der Waals surface area contributed by atoms with Crippen LogP contribution in [-0.2, 0) is 0 Å². The minimum Gasteiger partial charge on any atom is -0.465 e. The Balaban J connectivity index is 1.52. The summed E-state index contributed by atoms with van der Waals surface area (Å²) in [6.45, 7) is 4.38. The van der Waals surface area contributed by atoms with E-state index in [2.05, 4.69) is 26.1 Å². The average molecular weight is 407 g/mol. The zero-order valence-corrected chi connectivity index (χ0v) is 16.8. The van der Waals surface area contributed by atoms with E-state index < -0.39 is 6.09 Å². The second kappa shape index (κ2) is 7.81. The SMILES string of the molecule is O=C(O)N1CCCN(c2nc(-c3ccc4[nH]ncc4c3)cnc2N2CCCC2)CC1. The van der Waals surface area contributed by atoms with Crippen LogP contribution in [0.2, 0.25) is 0 Å². The molecule has 30 heavy (non-hydrogen) atoms. The summed E-state index contributed by atoms with van der Waals surface area (Å²) in [5, 5.41) is 17.5. The Morgan fingerprint density at radius 2 is 1.73 bits per heavy atom. The molecule has 9 heteroatoms. The lowest BCUT2D eigenvalue weighted by molar-refractivity contribution is 0.148. The smallest absolute Gasteiger partial charge is 0.407 e. The summed E-state index contributed by atoms with van der Waals surface area (Å²) in [5.74, 6) is 1.76. The number of aromatic amines is 1. The number of carboxylic acid groups (broad SMARTS) is 1. The van der Waals surface area contributed by atoms with Gasteiger partial charge in [0.15, 0.2) is 11.6 Å². The first kappa shape index (κ1) is 18.7. The van der Waals surface area contributed by atoms with Crippen LogP contribution in [0.5, 0.6) is 0 Å². The van der Waals surface area contributed by atoms with Gasteiger partial charge in [0.1, 0.15) is 0 Å². The van der Waals surface area contributed by atoms with Gasteiger partial charge in [0.2, 0.25) is 0 Å². The van der Waals surface area contributed by atoms with Crippen LogP contribution in [0, 0.1) is 0 Å². The van der Waals surface area contributed by atoms with Gasteiger partial charge in [-0.2, -0.15) is 5.10 Å². The molecule has 0 spiro atoms. The monoisotopic (exact) mass is 407 g/mol. The van der Waals surface area contributed by atoms with Crippen LogP contribution in [0.25, 0.3) is 22.2 Å². The van der Waals surface area contributed by atoms with E-state index in [-0.39, 0.29) is 0 Å². The van der Waals surface area contributed by atoms with Crippen molar-refractivity contribution in [3.8, 4) is 11.3 Å². The molecule has 5 rings (SSSR count). The molecule has 0 atom stereocenters. The Hall–Kier alpha value is -3.36. The van der Waals surface area contributed by atoms with Crippen molar-refractivity contribution in [3.05, 3.63) is 30.6 Å². The predicted molar refractivity (Wildman–Crippen MR) is 115 cm³/mol. The Morgan fingerprint density at radius 3 is 2.57 bits per heavy atom. The van der Waals surface area contributed by atoms with Crippen LogP contribution in [0.3, 0.4) is 0 Å². The number of H-pyrrole nitrogens is 1. The summed E-state index contributed by atoms with van der Waals surface area (Å²) < 4.78 is 0. The lowest BCUT2D eigenvalue weighted by Crippen LogP contribution is -2.35. The Bertz CT molecular complexity index is 1060. The number of hydrogen-bond acceptors (Lipinski definition) is 6. The molecule has 2 aliphatic rings. The number of amides is 1. The second-order valence-corrected chi connectivity index (χ2v) is 7.88. The van der Waals surface area contributed by atoms with Crippen LogP contribution >= 0.6 is 0 Å². The first-order chi connectivity index (χ1) is 14.7. The molecule has 4 heterocycles. The molecule has 2 saturated heterocycles. The number of rotatable bonds is 3. The van der Waals surface area contributed by atoms with E-state index in [1.54, 1.807) is 6.20 Å². The van der Waals surface area contributed by atoms with Crippen molar-refractivity contribution < 1.29 is 9.90 Å². The van der Waals surface area contributed by atoms with Gasteiger partial charge in [0.25, 0.3) is 0 Å². The fraction of sp³-hybridized carbons (Fsp3) is 0.429. The van der Waals surface area contributed by atoms with Crippen molar-refractivity contribution in [1.29, 1.82) is 0 Å². The van der Waals surface area contributed by atoms with E-state index >= 15 is 0 Å². The molecular formula is C21H25N7O2. The van der Waals surface area contributed by atoms with Crippen LogP contribution in [0.1, 0.15) is 19.3 Å². The quantitative estimate of drug-likeness (QED) is 0.688. The maximum absolute atomic E-state index is 11.4. The number of carbonyl (C=O) groups is 1. The Morgan fingerprint density at radius 1 is 0.933 bits per heavy atom. The highest BCUT2D eigenvalue weighted by Crippen LogP contribution is 2.32. The fourth-order valence-corrected chi connectivity index (χ4v) is 4.30. The summed E-state index contributed by atoms with van der Waals surface area (Å²) in [6.07, 6.45) is 5.89. The summed E-state index contributed by atoms with van der Waals surface area (Å²) in [7, 11) is 0. The molecule has 2 aromatic heterocycles. The van der Waals surface area contributed by atoms with Crippen LogP contribution in [0.4, 0.5) is 16.4 Å². The van der Waals surface area contributed by atoms with Gasteiger partial charge in [0, 0.05) is 50.2 Å². The maximum Gasteiger partial charge on any atom is 0.407 e. The largest absolute Gasteiger partial charge is 0.465 e. The van der Waals surface area contributed by atoms with Crippen molar-refractivity contribution in [2.75, 3.05) is 49.1 Å². The molecule has 0 aliphatic carbocycles. The highest BCUT2D eigenvalue weighted by Gasteiger charge is 2.25. The van der Waals surface area contributed by atoms with Crippen LogP contribution in [0.15, 0.2) is 30.6 Å². The van der Waals surface area contributed by atoms with Gasteiger partial charge in [-0.1, -0.05) is 6.07 Å². The van der Waals surface area contributed by atoms with E-state index in [1.807, 2.05) is 18.3 Å². The minimum atomic E-state index is -0.857. The summed E-state index contributed by atoms with van der Waals surface area (Å²) in [4.78, 5) is 27.3. The van der Waals surface area contributed by atoms with Gasteiger partial charge < -0.3 is 19.8 Å². The molecular weight excluding hydrogens is 382 g/mol. The molecule has 0 bridgehead atoms. The van der Waals surface area contributed by atoms with E-state index in [9.17, 15) is 9.90 Å². The average Bonchev–Trinajstić information content (AvgIpc) is 3.40. The maximum atomic E-state index is 11.4. The van der Waals surface area contributed by atoms with Crippen molar-refractivity contribution in [2.45, 2.75) is 19.3 Å². The molecule has 3 aromatic rings. The van der Waals surface area contributed by atoms with Crippen molar-refractivity contribution in [1.82, 2.24) is 25.1 Å². The molecule has 0 saturated carbocycles. The number of aromatic nitrogens is 4. The van der Waals surface area contributed by atoms with E-state index in [0.717, 1.165) is 72.7 Å². The summed E-state index contributed by atoms with van der Waals surface area (Å²) >= 11 is 0. The molecule has 2 N–H and O–H groups in total.